The van der Waals surface area contributed by atoms with Crippen LogP contribution in [0.5, 0.6) is 0 Å². The molecule has 0 aliphatic heterocycles. The van der Waals surface area contributed by atoms with Gasteiger partial charge in [0.1, 0.15) is 0 Å². The molecule has 0 aliphatic rings. The maximum Gasteiger partial charge on any atom is 3.00 e. The minimum Gasteiger partial charge on any atom is -0.412 e. The molecule has 2 heteroatoms. The average Bonchev–Trinajstić information content (AvgIpc) is 0. The first-order valence-corrected chi connectivity index (χ1v) is 0. The Hall–Kier alpha value is 0.843. The Morgan fingerprint density at radius 2 is 0.600 bits per heavy atom. The van der Waals surface area contributed by atoms with E-state index in [0.717, 1.165) is 0 Å². The molecule has 0 amide bonds. The minimum atomic E-state index is 0. The Kier molecular flexibility index (Phi) is 3880. The zero-order chi connectivity index (χ0) is 0. The first-order valence-electron chi connectivity index (χ1n) is 0. The van der Waals surface area contributed by atoms with Gasteiger partial charge in [0.15, 0.2) is 0 Å². The van der Waals surface area contributed by atoms with E-state index in [4.69, 9.17) is 0 Å². The quantitative estimate of drug-likeness (QED) is 0.456. The predicted molar refractivity (Wildman–Crippen MR) is 22.9 cm³/mol. The van der Waals surface area contributed by atoms with Gasteiger partial charge in [-0.05, 0) is 0 Å². The van der Waals surface area contributed by atoms with Crippen LogP contribution in [0, 0.1) is 22.3 Å². The molecule has 33 valence electrons. The summed E-state index contributed by atoms with van der Waals surface area (Å²) in [6, 6.07) is 0. The van der Waals surface area contributed by atoms with Crippen molar-refractivity contribution in [1.29, 1.82) is 0 Å². The van der Waals surface area contributed by atoms with Crippen molar-refractivity contribution < 1.29 is 31.7 Å². The summed E-state index contributed by atoms with van der Waals surface area (Å²) in [6.45, 7) is 0. The van der Waals surface area contributed by atoms with Gasteiger partial charge in [-0.1, -0.05) is 0 Å². The zero-order valence-corrected chi connectivity index (χ0v) is 6.46. The van der Waals surface area contributed by atoms with Gasteiger partial charge in [0.05, 0.1) is 0 Å². The van der Waals surface area contributed by atoms with Crippen LogP contribution in [-0.2, 0) is 26.2 Å². The molecular weight excluding hydrogens is 143 g/mol. The Morgan fingerprint density at radius 1 is 0.600 bits per heavy atom. The van der Waals surface area contributed by atoms with Crippen LogP contribution in [0.15, 0.2) is 0 Å². The topological polar surface area (TPSA) is 31.5 Å². The molecule has 5 heavy (non-hydrogen) atoms. The summed E-state index contributed by atoms with van der Waals surface area (Å²) in [4.78, 5) is 0. The molecule has 0 aromatic rings. The molecule has 0 bridgehead atoms. The molecule has 0 unspecified atom stereocenters. The van der Waals surface area contributed by atoms with Crippen molar-refractivity contribution in [3.63, 3.8) is 0 Å². The van der Waals surface area contributed by atoms with Gasteiger partial charge in [0.25, 0.3) is 0 Å². The van der Waals surface area contributed by atoms with Crippen molar-refractivity contribution in [2.45, 2.75) is 0 Å². The smallest absolute Gasteiger partial charge is 0.412 e. The van der Waals surface area contributed by atoms with Crippen LogP contribution in [0.1, 0.15) is 0 Å². The Morgan fingerprint density at radius 3 is 0.600 bits per heavy atom. The second kappa shape index (κ2) is 101. The third kappa shape index (κ3) is 55.1. The Labute approximate surface area is 54.2 Å². The maximum absolute atomic E-state index is 0. The van der Waals surface area contributed by atoms with Gasteiger partial charge in [-0.25, -0.2) is 0 Å². The molecule has 0 rings (SSSR count). The molecule has 2 N–H and O–H groups in total. The molecule has 0 aromatic heterocycles. The van der Waals surface area contributed by atoms with Crippen LogP contribution < -0.4 is 0 Å². The molecule has 1 radical (unpaired) electrons. The molecule has 0 saturated carbocycles. The third-order valence-electron chi connectivity index (χ3n) is 0. The van der Waals surface area contributed by atoms with Gasteiger partial charge in [-0.2, -0.15) is 0 Å². The van der Waals surface area contributed by atoms with E-state index in [1.54, 1.807) is 0 Å². The van der Waals surface area contributed by atoms with E-state index in [1.165, 1.54) is 0 Å². The first kappa shape index (κ1) is 193. The molecule has 0 fully saturated rings. The summed E-state index contributed by atoms with van der Waals surface area (Å²) >= 11 is 0. The second-order valence-corrected chi connectivity index (χ2v) is 0. The van der Waals surface area contributed by atoms with Crippen molar-refractivity contribution >= 4 is 0 Å². The van der Waals surface area contributed by atoms with Gasteiger partial charge in [-0.3, -0.25) is 0 Å². The van der Waals surface area contributed by atoms with Crippen LogP contribution in [-0.4, -0.2) is 5.48 Å². The van der Waals surface area contributed by atoms with Crippen molar-refractivity contribution in [2.24, 2.45) is 0 Å². The molecule has 0 saturated heterocycles. The summed E-state index contributed by atoms with van der Waals surface area (Å²) in [5.41, 5.74) is 0. The molecule has 0 aliphatic carbocycles. The van der Waals surface area contributed by atoms with Gasteiger partial charge in [0, 0.05) is 0 Å². The molecule has 0 spiro atoms. The van der Waals surface area contributed by atoms with E-state index >= 15 is 0 Å². The van der Waals surface area contributed by atoms with E-state index < -0.39 is 0 Å². The van der Waals surface area contributed by atoms with Gasteiger partial charge >= 0.3 is 26.2 Å². The van der Waals surface area contributed by atoms with Crippen molar-refractivity contribution in [2.75, 3.05) is 0 Å². The van der Waals surface area contributed by atoms with Crippen LogP contribution >= 0.6 is 0 Å². The Bertz CT molecular complexity index is 6.85. The number of hydrogen-bond acceptors (Lipinski definition) is 0. The fourth-order valence-corrected chi connectivity index (χ4v) is 0. The standard InChI is InChI=1S/3CH3.H2O.Zr/h3*1H3;1H2;/q3*-1;;+3. The van der Waals surface area contributed by atoms with E-state index in [0.29, 0.717) is 0 Å². The summed E-state index contributed by atoms with van der Waals surface area (Å²) in [5, 5.41) is 0. The summed E-state index contributed by atoms with van der Waals surface area (Å²) in [5.74, 6) is 0. The fourth-order valence-electron chi connectivity index (χ4n) is 0. The van der Waals surface area contributed by atoms with Crippen LogP contribution in [0.3, 0.4) is 0 Å². The fraction of sp³-hybridized carbons (Fsp3) is 0. The van der Waals surface area contributed by atoms with E-state index in [1.807, 2.05) is 0 Å². The molecular formula is C3H11OZr. The Balaban J connectivity index is 0. The predicted octanol–water partition coefficient (Wildman–Crippen LogP) is 0.524. The largest absolute Gasteiger partial charge is 3.00 e. The maximum atomic E-state index is 0. The van der Waals surface area contributed by atoms with E-state index in [2.05, 4.69) is 0 Å². The third-order valence-corrected chi connectivity index (χ3v) is 0. The molecule has 0 atom stereocenters. The molecule has 0 aromatic carbocycles. The molecule has 1 nitrogen and oxygen atoms in total. The monoisotopic (exact) mass is 153 g/mol. The average molecular weight is 154 g/mol. The summed E-state index contributed by atoms with van der Waals surface area (Å²) < 4.78 is 0. The van der Waals surface area contributed by atoms with Gasteiger partial charge in [0.2, 0.25) is 0 Å². The first-order chi connectivity index (χ1) is 0. The number of rotatable bonds is 0. The van der Waals surface area contributed by atoms with Crippen molar-refractivity contribution in [3.8, 4) is 0 Å². The van der Waals surface area contributed by atoms with Crippen LogP contribution in [0.4, 0.5) is 0 Å². The van der Waals surface area contributed by atoms with Crippen LogP contribution in [0.2, 0.25) is 0 Å². The second-order valence-electron chi connectivity index (χ2n) is 0. The van der Waals surface area contributed by atoms with Crippen LogP contribution in [0.25, 0.3) is 0 Å². The zero-order valence-electron chi connectivity index (χ0n) is 4.00. The summed E-state index contributed by atoms with van der Waals surface area (Å²) in [6.07, 6.45) is 0. The minimum absolute atomic E-state index is 0. The SMILES string of the molecule is O.[CH3-].[CH3-].[CH3-].[Zr+3]. The summed E-state index contributed by atoms with van der Waals surface area (Å²) in [7, 11) is 0. The van der Waals surface area contributed by atoms with E-state index in [9.17, 15) is 0 Å². The van der Waals surface area contributed by atoms with Gasteiger partial charge in [-0.15, -0.1) is 0 Å². The van der Waals surface area contributed by atoms with Gasteiger partial charge < -0.3 is 27.8 Å². The molecule has 0 heterocycles. The number of hydrogen-bond donors (Lipinski definition) is 0. The van der Waals surface area contributed by atoms with Crippen molar-refractivity contribution in [3.05, 3.63) is 22.3 Å². The van der Waals surface area contributed by atoms with Crippen molar-refractivity contribution in [1.82, 2.24) is 0 Å². The van der Waals surface area contributed by atoms with E-state index in [-0.39, 0.29) is 54.0 Å². The normalized spacial score (nSPS) is 0.